The molecule has 0 aliphatic rings. The van der Waals surface area contributed by atoms with E-state index in [-0.39, 0.29) is 5.56 Å². The molecule has 0 fully saturated rings. The fourth-order valence-electron chi connectivity index (χ4n) is 1.86. The lowest BCUT2D eigenvalue weighted by Crippen LogP contribution is -2.16. The maximum Gasteiger partial charge on any atom is 0.335 e. The van der Waals surface area contributed by atoms with Crippen LogP contribution >= 0.6 is 0 Å². The number of carboxylic acids is 1. The lowest BCUT2D eigenvalue weighted by molar-refractivity contribution is -0.109. The van der Waals surface area contributed by atoms with Crippen molar-refractivity contribution in [3.63, 3.8) is 0 Å². The van der Waals surface area contributed by atoms with Crippen LogP contribution in [0, 0.1) is 5.92 Å². The highest BCUT2D eigenvalue weighted by Crippen LogP contribution is 2.16. The fraction of sp³-hybridized carbons (Fsp3) is 0.467. The van der Waals surface area contributed by atoms with Crippen molar-refractivity contribution < 1.29 is 19.4 Å². The third kappa shape index (κ3) is 5.73. The second-order valence-corrected chi connectivity index (χ2v) is 4.63. The molecule has 0 aliphatic heterocycles. The van der Waals surface area contributed by atoms with Crippen molar-refractivity contribution in [1.29, 1.82) is 0 Å². The van der Waals surface area contributed by atoms with Crippen molar-refractivity contribution in [1.82, 2.24) is 5.32 Å². The summed E-state index contributed by atoms with van der Waals surface area (Å²) in [5.74, 6) is 0.174. The van der Waals surface area contributed by atoms with Crippen molar-refractivity contribution in [3.05, 3.63) is 29.8 Å². The Morgan fingerprint density at radius 3 is 2.65 bits per heavy atom. The van der Waals surface area contributed by atoms with Gasteiger partial charge in [-0.25, -0.2) is 4.79 Å². The first kappa shape index (κ1) is 16.0. The molecule has 0 aromatic heterocycles. The molecule has 0 saturated heterocycles. The smallest absolute Gasteiger partial charge is 0.335 e. The van der Waals surface area contributed by atoms with Crippen LogP contribution in [0.15, 0.2) is 24.3 Å². The first-order valence-electron chi connectivity index (χ1n) is 6.80. The highest BCUT2D eigenvalue weighted by molar-refractivity contribution is 5.87. The van der Waals surface area contributed by atoms with Gasteiger partial charge in [-0.1, -0.05) is 13.3 Å². The van der Waals surface area contributed by atoms with E-state index >= 15 is 0 Å². The Morgan fingerprint density at radius 1 is 1.40 bits per heavy atom. The van der Waals surface area contributed by atoms with Crippen molar-refractivity contribution in [2.75, 3.05) is 13.2 Å². The zero-order valence-electron chi connectivity index (χ0n) is 11.7. The highest BCUT2D eigenvalue weighted by atomic mass is 16.5. The number of carbonyl (C=O) groups excluding carboxylic acids is 1. The molecule has 1 atom stereocenters. The van der Waals surface area contributed by atoms with Crippen molar-refractivity contribution >= 4 is 12.4 Å². The molecular formula is C15H21NO4. The molecule has 1 rings (SSSR count). The number of rotatable bonds is 10. The Hall–Kier alpha value is -2.04. The molecule has 2 N–H and O–H groups in total. The van der Waals surface area contributed by atoms with Crippen LogP contribution < -0.4 is 10.1 Å². The zero-order chi connectivity index (χ0) is 14.8. The average Bonchev–Trinajstić information content (AvgIpc) is 2.47. The van der Waals surface area contributed by atoms with Gasteiger partial charge in [-0.2, -0.15) is 0 Å². The molecule has 0 aliphatic carbocycles. The average molecular weight is 279 g/mol. The molecular weight excluding hydrogens is 258 g/mol. The number of benzene rings is 1. The monoisotopic (exact) mass is 279 g/mol. The first-order chi connectivity index (χ1) is 9.67. The van der Waals surface area contributed by atoms with Gasteiger partial charge in [0.1, 0.15) is 5.75 Å². The van der Waals surface area contributed by atoms with Gasteiger partial charge in [-0.3, -0.25) is 4.79 Å². The van der Waals surface area contributed by atoms with Crippen LogP contribution in [-0.4, -0.2) is 30.6 Å². The number of nitrogens with one attached hydrogen (secondary N) is 1. The minimum atomic E-state index is -0.939. The second kappa shape index (κ2) is 8.96. The lowest BCUT2D eigenvalue weighted by atomic mass is 10.0. The molecule has 1 unspecified atom stereocenters. The largest absolute Gasteiger partial charge is 0.493 e. The van der Waals surface area contributed by atoms with Crippen molar-refractivity contribution in [2.45, 2.75) is 26.2 Å². The molecule has 1 aromatic rings. The summed E-state index contributed by atoms with van der Waals surface area (Å²) in [6, 6.07) is 6.41. The minimum absolute atomic E-state index is 0.254. The van der Waals surface area contributed by atoms with Crippen molar-refractivity contribution in [3.8, 4) is 5.75 Å². The van der Waals surface area contributed by atoms with Gasteiger partial charge in [0.2, 0.25) is 6.41 Å². The molecule has 20 heavy (non-hydrogen) atoms. The predicted octanol–water partition coefficient (Wildman–Crippen LogP) is 2.32. The summed E-state index contributed by atoms with van der Waals surface area (Å²) in [5.41, 5.74) is 0.254. The maximum absolute atomic E-state index is 10.7. The number of carboxylic acid groups (broad SMARTS) is 1. The van der Waals surface area contributed by atoms with E-state index in [4.69, 9.17) is 9.84 Å². The SMILES string of the molecule is CCC(CCCNC=O)COc1ccc(C(=O)O)cc1. The Balaban J connectivity index is 2.35. The van der Waals surface area contributed by atoms with Crippen molar-refractivity contribution in [2.24, 2.45) is 5.92 Å². The number of aromatic carboxylic acids is 1. The summed E-state index contributed by atoms with van der Waals surface area (Å²) in [7, 11) is 0. The van der Waals surface area contributed by atoms with E-state index < -0.39 is 5.97 Å². The van der Waals surface area contributed by atoms with Gasteiger partial charge in [0.15, 0.2) is 0 Å². The van der Waals surface area contributed by atoms with Crippen LogP contribution in [0.3, 0.4) is 0 Å². The van der Waals surface area contributed by atoms with E-state index in [2.05, 4.69) is 12.2 Å². The molecule has 1 aromatic carbocycles. The fourth-order valence-corrected chi connectivity index (χ4v) is 1.86. The topological polar surface area (TPSA) is 75.6 Å². The molecule has 0 bridgehead atoms. The predicted molar refractivity (Wildman–Crippen MR) is 76.0 cm³/mol. The van der Waals surface area contributed by atoms with E-state index in [1.165, 1.54) is 12.1 Å². The molecule has 0 spiro atoms. The number of carbonyl (C=O) groups is 2. The summed E-state index contributed by atoms with van der Waals surface area (Å²) < 4.78 is 5.67. The van der Waals surface area contributed by atoms with Gasteiger partial charge in [0, 0.05) is 6.54 Å². The normalized spacial score (nSPS) is 11.7. The van der Waals surface area contributed by atoms with E-state index in [1.54, 1.807) is 12.1 Å². The van der Waals surface area contributed by atoms with E-state index in [0.29, 0.717) is 31.2 Å². The first-order valence-corrected chi connectivity index (χ1v) is 6.80. The van der Waals surface area contributed by atoms with Gasteiger partial charge in [0.25, 0.3) is 0 Å². The molecule has 0 heterocycles. The van der Waals surface area contributed by atoms with E-state index in [9.17, 15) is 9.59 Å². The Labute approximate surface area is 118 Å². The van der Waals surface area contributed by atoms with Crippen LogP contribution in [0.5, 0.6) is 5.75 Å². The number of amides is 1. The Bertz CT molecular complexity index is 416. The number of ether oxygens (including phenoxy) is 1. The highest BCUT2D eigenvalue weighted by Gasteiger charge is 2.08. The number of hydrogen-bond acceptors (Lipinski definition) is 3. The zero-order valence-corrected chi connectivity index (χ0v) is 11.7. The number of hydrogen-bond donors (Lipinski definition) is 2. The Kier molecular flexibility index (Phi) is 7.17. The summed E-state index contributed by atoms with van der Waals surface area (Å²) in [6.07, 6.45) is 3.64. The van der Waals surface area contributed by atoms with E-state index in [0.717, 1.165) is 19.3 Å². The quantitative estimate of drug-likeness (QED) is 0.509. The van der Waals surface area contributed by atoms with Gasteiger partial charge in [-0.05, 0) is 43.0 Å². The molecule has 110 valence electrons. The van der Waals surface area contributed by atoms with Crippen LogP contribution in [-0.2, 0) is 4.79 Å². The molecule has 5 nitrogen and oxygen atoms in total. The summed E-state index contributed by atoms with van der Waals surface area (Å²) in [4.78, 5) is 20.9. The van der Waals surface area contributed by atoms with Crippen LogP contribution in [0.4, 0.5) is 0 Å². The Morgan fingerprint density at radius 2 is 2.10 bits per heavy atom. The van der Waals surface area contributed by atoms with E-state index in [1.807, 2.05) is 0 Å². The van der Waals surface area contributed by atoms with Gasteiger partial charge < -0.3 is 15.2 Å². The third-order valence-electron chi connectivity index (χ3n) is 3.18. The standard InChI is InChI=1S/C15H21NO4/c1-2-12(4-3-9-16-11-17)10-20-14-7-5-13(6-8-14)15(18)19/h5-8,11-12H,2-4,9-10H2,1H3,(H,16,17)(H,18,19). The third-order valence-corrected chi connectivity index (χ3v) is 3.18. The lowest BCUT2D eigenvalue weighted by Gasteiger charge is -2.15. The minimum Gasteiger partial charge on any atom is -0.493 e. The van der Waals surface area contributed by atoms with Crippen LogP contribution in [0.2, 0.25) is 0 Å². The molecule has 0 saturated carbocycles. The second-order valence-electron chi connectivity index (χ2n) is 4.63. The van der Waals surface area contributed by atoms with Crippen LogP contribution in [0.25, 0.3) is 0 Å². The summed E-state index contributed by atoms with van der Waals surface area (Å²) in [6.45, 7) is 3.39. The van der Waals surface area contributed by atoms with Gasteiger partial charge >= 0.3 is 5.97 Å². The summed E-state index contributed by atoms with van der Waals surface area (Å²) in [5, 5.41) is 11.4. The van der Waals surface area contributed by atoms with Gasteiger partial charge in [-0.15, -0.1) is 0 Å². The molecule has 5 heteroatoms. The maximum atomic E-state index is 10.7. The molecule has 0 radical (unpaired) electrons. The van der Waals surface area contributed by atoms with Crippen LogP contribution in [0.1, 0.15) is 36.5 Å². The molecule has 1 amide bonds. The summed E-state index contributed by atoms with van der Waals surface area (Å²) >= 11 is 0. The van der Waals surface area contributed by atoms with Gasteiger partial charge in [0.05, 0.1) is 12.2 Å².